The maximum absolute atomic E-state index is 6.24. The minimum absolute atomic E-state index is 0.424. The van der Waals surface area contributed by atoms with Crippen LogP contribution < -0.4 is 10.6 Å². The van der Waals surface area contributed by atoms with Crippen LogP contribution in [0.1, 0.15) is 39.2 Å². The van der Waals surface area contributed by atoms with Crippen molar-refractivity contribution in [3.05, 3.63) is 28.8 Å². The summed E-state index contributed by atoms with van der Waals surface area (Å²) in [6.07, 6.45) is 2.53. The first-order valence-corrected chi connectivity index (χ1v) is 7.53. The fourth-order valence-electron chi connectivity index (χ4n) is 2.90. The summed E-state index contributed by atoms with van der Waals surface area (Å²) in [6, 6.07) is 6.25. The smallest absolute Gasteiger partial charge is 0.0471 e. The van der Waals surface area contributed by atoms with Gasteiger partial charge in [0.05, 0.1) is 0 Å². The predicted molar refractivity (Wildman–Crippen MR) is 83.7 cm³/mol. The van der Waals surface area contributed by atoms with E-state index in [1.54, 1.807) is 0 Å². The number of hydrogen-bond donors (Lipinski definition) is 1. The summed E-state index contributed by atoms with van der Waals surface area (Å²) >= 11 is 6.24. The molecule has 2 N–H and O–H groups in total. The molecule has 0 spiro atoms. The van der Waals surface area contributed by atoms with Crippen LogP contribution in [0.3, 0.4) is 0 Å². The van der Waals surface area contributed by atoms with Crippen molar-refractivity contribution in [2.45, 2.75) is 40.2 Å². The van der Waals surface area contributed by atoms with Crippen LogP contribution in [0, 0.1) is 11.3 Å². The van der Waals surface area contributed by atoms with E-state index in [0.29, 0.717) is 12.0 Å². The summed E-state index contributed by atoms with van der Waals surface area (Å²) in [5.74, 6) is 0.822. The van der Waals surface area contributed by atoms with E-state index < -0.39 is 0 Å². The molecule has 1 aliphatic rings. The van der Waals surface area contributed by atoms with Gasteiger partial charge in [0.25, 0.3) is 0 Å². The maximum Gasteiger partial charge on any atom is 0.0471 e. The molecule has 106 valence electrons. The highest BCUT2D eigenvalue weighted by atomic mass is 35.5. The fraction of sp³-hybridized carbons (Fsp3) is 0.625. The summed E-state index contributed by atoms with van der Waals surface area (Å²) in [6.45, 7) is 9.80. The highest BCUT2D eigenvalue weighted by Crippen LogP contribution is 2.36. The van der Waals surface area contributed by atoms with Gasteiger partial charge in [-0.3, -0.25) is 0 Å². The van der Waals surface area contributed by atoms with Crippen LogP contribution in [0.5, 0.6) is 0 Å². The number of nitrogens with two attached hydrogens (primary N) is 1. The lowest BCUT2D eigenvalue weighted by atomic mass is 9.75. The van der Waals surface area contributed by atoms with Gasteiger partial charge < -0.3 is 10.6 Å². The molecule has 2 rings (SSSR count). The highest BCUT2D eigenvalue weighted by molar-refractivity contribution is 6.31. The Balaban J connectivity index is 2.04. The number of halogens is 1. The van der Waals surface area contributed by atoms with Crippen molar-refractivity contribution in [2.75, 3.05) is 18.0 Å². The molecule has 0 radical (unpaired) electrons. The zero-order valence-corrected chi connectivity index (χ0v) is 13.0. The van der Waals surface area contributed by atoms with Crippen molar-refractivity contribution in [2.24, 2.45) is 17.1 Å². The Labute approximate surface area is 121 Å². The number of benzene rings is 1. The molecule has 1 fully saturated rings. The van der Waals surface area contributed by atoms with Crippen LogP contribution >= 0.6 is 11.6 Å². The quantitative estimate of drug-likeness (QED) is 0.885. The van der Waals surface area contributed by atoms with Gasteiger partial charge in [0, 0.05) is 30.3 Å². The average molecular weight is 281 g/mol. The Bertz CT molecular complexity index is 429. The van der Waals surface area contributed by atoms with Gasteiger partial charge in [-0.05, 0) is 41.9 Å². The third-order valence-corrected chi connectivity index (χ3v) is 4.69. The average Bonchev–Trinajstić information content (AvgIpc) is 2.38. The first-order chi connectivity index (χ1) is 8.91. The van der Waals surface area contributed by atoms with E-state index >= 15 is 0 Å². The second kappa shape index (κ2) is 5.72. The van der Waals surface area contributed by atoms with Gasteiger partial charge in [-0.2, -0.15) is 0 Å². The molecular weight excluding hydrogens is 256 g/mol. The van der Waals surface area contributed by atoms with Crippen molar-refractivity contribution in [1.29, 1.82) is 0 Å². The number of hydrogen-bond acceptors (Lipinski definition) is 2. The van der Waals surface area contributed by atoms with Gasteiger partial charge in [0.2, 0.25) is 0 Å². The van der Waals surface area contributed by atoms with E-state index in [1.165, 1.54) is 18.5 Å². The third kappa shape index (κ3) is 3.43. The van der Waals surface area contributed by atoms with Crippen LogP contribution in [-0.4, -0.2) is 13.1 Å². The second-order valence-electron chi connectivity index (χ2n) is 6.61. The van der Waals surface area contributed by atoms with Crippen molar-refractivity contribution in [3.8, 4) is 0 Å². The Morgan fingerprint density at radius 3 is 2.37 bits per heavy atom. The van der Waals surface area contributed by atoms with Crippen molar-refractivity contribution >= 4 is 17.3 Å². The van der Waals surface area contributed by atoms with E-state index in [4.69, 9.17) is 17.3 Å². The Morgan fingerprint density at radius 2 is 1.89 bits per heavy atom. The number of anilines is 1. The van der Waals surface area contributed by atoms with Crippen LogP contribution in [0.4, 0.5) is 5.69 Å². The van der Waals surface area contributed by atoms with E-state index in [-0.39, 0.29) is 0 Å². The third-order valence-electron chi connectivity index (χ3n) is 4.34. The molecule has 0 atom stereocenters. The van der Waals surface area contributed by atoms with Gasteiger partial charge in [-0.25, -0.2) is 0 Å². The standard InChI is InChI=1S/C16H25ClN2/c1-16(2,3)13-6-8-19(9-7-13)14-5-4-12(11-18)15(17)10-14/h4-5,10,13H,6-9,11,18H2,1-3H3. The molecule has 1 aliphatic heterocycles. The van der Waals surface area contributed by atoms with E-state index in [9.17, 15) is 0 Å². The van der Waals surface area contributed by atoms with Crippen LogP contribution in [0.2, 0.25) is 5.02 Å². The van der Waals surface area contributed by atoms with Crippen LogP contribution in [-0.2, 0) is 6.54 Å². The van der Waals surface area contributed by atoms with Crippen LogP contribution in [0.25, 0.3) is 0 Å². The molecule has 1 saturated heterocycles. The largest absolute Gasteiger partial charge is 0.371 e. The molecule has 19 heavy (non-hydrogen) atoms. The molecular formula is C16H25ClN2. The molecule has 0 amide bonds. The fourth-order valence-corrected chi connectivity index (χ4v) is 3.15. The normalized spacial score (nSPS) is 17.8. The molecule has 0 unspecified atom stereocenters. The van der Waals surface area contributed by atoms with E-state index in [0.717, 1.165) is 29.6 Å². The van der Waals surface area contributed by atoms with Gasteiger partial charge in [0.1, 0.15) is 0 Å². The molecule has 0 aliphatic carbocycles. The minimum atomic E-state index is 0.424. The zero-order chi connectivity index (χ0) is 14.0. The maximum atomic E-state index is 6.24. The summed E-state index contributed by atoms with van der Waals surface area (Å²) < 4.78 is 0. The van der Waals surface area contributed by atoms with Crippen molar-refractivity contribution in [1.82, 2.24) is 0 Å². The predicted octanol–water partition coefficient (Wildman–Crippen LogP) is 4.06. The lowest BCUT2D eigenvalue weighted by Crippen LogP contribution is -2.38. The lowest BCUT2D eigenvalue weighted by Gasteiger charge is -2.39. The summed E-state index contributed by atoms with van der Waals surface area (Å²) in [7, 11) is 0. The SMILES string of the molecule is CC(C)(C)C1CCN(c2ccc(CN)c(Cl)c2)CC1. The summed E-state index contributed by atoms with van der Waals surface area (Å²) in [5.41, 5.74) is 8.33. The monoisotopic (exact) mass is 280 g/mol. The molecule has 0 bridgehead atoms. The van der Waals surface area contributed by atoms with E-state index in [1.807, 2.05) is 6.07 Å². The van der Waals surface area contributed by atoms with Gasteiger partial charge >= 0.3 is 0 Å². The molecule has 1 aromatic carbocycles. The lowest BCUT2D eigenvalue weighted by molar-refractivity contribution is 0.199. The molecule has 1 aromatic rings. The topological polar surface area (TPSA) is 29.3 Å². The van der Waals surface area contributed by atoms with Gasteiger partial charge in [0.15, 0.2) is 0 Å². The van der Waals surface area contributed by atoms with E-state index in [2.05, 4.69) is 37.8 Å². The molecule has 2 nitrogen and oxygen atoms in total. The Morgan fingerprint density at radius 1 is 1.26 bits per heavy atom. The Hall–Kier alpha value is -0.730. The number of rotatable bonds is 2. The number of nitrogens with zero attached hydrogens (tertiary/aromatic N) is 1. The minimum Gasteiger partial charge on any atom is -0.371 e. The Kier molecular flexibility index (Phi) is 4.42. The van der Waals surface area contributed by atoms with Crippen LogP contribution in [0.15, 0.2) is 18.2 Å². The van der Waals surface area contributed by atoms with Gasteiger partial charge in [-0.15, -0.1) is 0 Å². The highest BCUT2D eigenvalue weighted by Gasteiger charge is 2.28. The number of piperidine rings is 1. The molecule has 0 saturated carbocycles. The molecule has 0 aromatic heterocycles. The van der Waals surface area contributed by atoms with Crippen molar-refractivity contribution < 1.29 is 0 Å². The second-order valence-corrected chi connectivity index (χ2v) is 7.01. The van der Waals surface area contributed by atoms with Gasteiger partial charge in [-0.1, -0.05) is 38.4 Å². The first kappa shape index (κ1) is 14.7. The molecule has 1 heterocycles. The summed E-state index contributed by atoms with van der Waals surface area (Å²) in [5, 5.41) is 0.790. The first-order valence-electron chi connectivity index (χ1n) is 7.15. The van der Waals surface area contributed by atoms with Crippen molar-refractivity contribution in [3.63, 3.8) is 0 Å². The summed E-state index contributed by atoms with van der Waals surface area (Å²) in [4.78, 5) is 2.44. The zero-order valence-electron chi connectivity index (χ0n) is 12.2. The molecule has 3 heteroatoms.